The van der Waals surface area contributed by atoms with Gasteiger partial charge in [0.2, 0.25) is 0 Å². The molecule has 6 heteroatoms. The van der Waals surface area contributed by atoms with Gasteiger partial charge in [0.05, 0.1) is 12.2 Å². The number of halogens is 2. The minimum atomic E-state index is -0.0846. The molecule has 0 bridgehead atoms. The van der Waals surface area contributed by atoms with Crippen molar-refractivity contribution in [3.63, 3.8) is 0 Å². The molecule has 2 aliphatic rings. The standard InChI is InChI=1S/C16H21ClN2O2.ClH/c1-2-19-6-3-4-13(19)10-18-16(20)14-9-12(17)8-11-5-7-21-15(11)14;/h8-9,13H,2-7,10H2,1H3,(H,18,20);1H. The van der Waals surface area contributed by atoms with Gasteiger partial charge in [0.25, 0.3) is 5.91 Å². The zero-order valence-electron chi connectivity index (χ0n) is 12.7. The lowest BCUT2D eigenvalue weighted by Crippen LogP contribution is -2.40. The van der Waals surface area contributed by atoms with Gasteiger partial charge in [-0.1, -0.05) is 18.5 Å². The Morgan fingerprint density at radius 3 is 3.09 bits per heavy atom. The number of rotatable bonds is 4. The maximum Gasteiger partial charge on any atom is 0.255 e. The number of benzene rings is 1. The van der Waals surface area contributed by atoms with Gasteiger partial charge in [-0.25, -0.2) is 0 Å². The Bertz CT molecular complexity index is 551. The van der Waals surface area contributed by atoms with Gasteiger partial charge in [-0.3, -0.25) is 9.69 Å². The van der Waals surface area contributed by atoms with Crippen LogP contribution in [-0.2, 0) is 6.42 Å². The van der Waals surface area contributed by atoms with E-state index in [9.17, 15) is 4.79 Å². The summed E-state index contributed by atoms with van der Waals surface area (Å²) in [5.41, 5.74) is 1.60. The summed E-state index contributed by atoms with van der Waals surface area (Å²) < 4.78 is 5.59. The number of hydrogen-bond donors (Lipinski definition) is 1. The first-order valence-electron chi connectivity index (χ1n) is 7.66. The van der Waals surface area contributed by atoms with Crippen LogP contribution in [0.2, 0.25) is 5.02 Å². The van der Waals surface area contributed by atoms with Crippen molar-refractivity contribution in [2.45, 2.75) is 32.2 Å². The van der Waals surface area contributed by atoms with Crippen LogP contribution in [0.25, 0.3) is 0 Å². The summed E-state index contributed by atoms with van der Waals surface area (Å²) in [5.74, 6) is 0.620. The summed E-state index contributed by atoms with van der Waals surface area (Å²) in [5, 5.41) is 3.64. The Hall–Kier alpha value is -0.970. The Morgan fingerprint density at radius 1 is 1.50 bits per heavy atom. The molecule has 0 spiro atoms. The van der Waals surface area contributed by atoms with Crippen molar-refractivity contribution in [2.75, 3.05) is 26.2 Å². The highest BCUT2D eigenvalue weighted by Gasteiger charge is 2.25. The molecular weight excluding hydrogens is 323 g/mol. The SMILES string of the molecule is CCN1CCCC1CNC(=O)c1cc(Cl)cc2c1OCC2.Cl. The summed E-state index contributed by atoms with van der Waals surface area (Å²) in [7, 11) is 0. The fourth-order valence-electron chi connectivity index (χ4n) is 3.29. The van der Waals surface area contributed by atoms with Crippen molar-refractivity contribution >= 4 is 29.9 Å². The van der Waals surface area contributed by atoms with Gasteiger partial charge in [-0.15, -0.1) is 12.4 Å². The molecule has 4 nitrogen and oxygen atoms in total. The van der Waals surface area contributed by atoms with Crippen molar-refractivity contribution in [1.82, 2.24) is 10.2 Å². The van der Waals surface area contributed by atoms with Crippen LogP contribution >= 0.6 is 24.0 Å². The number of amides is 1. The predicted octanol–water partition coefficient (Wildman–Crippen LogP) is 2.91. The molecule has 1 aromatic carbocycles. The summed E-state index contributed by atoms with van der Waals surface area (Å²) in [6.07, 6.45) is 3.19. The molecule has 1 fully saturated rings. The number of likely N-dealkylation sites (N-methyl/N-ethyl adjacent to an activating group) is 1. The van der Waals surface area contributed by atoms with Crippen molar-refractivity contribution in [1.29, 1.82) is 0 Å². The zero-order chi connectivity index (χ0) is 14.8. The second kappa shape index (κ2) is 7.53. The highest BCUT2D eigenvalue weighted by molar-refractivity contribution is 6.31. The molecular formula is C16H22Cl2N2O2. The lowest BCUT2D eigenvalue weighted by atomic mass is 10.1. The molecule has 2 aliphatic heterocycles. The first-order chi connectivity index (χ1) is 10.2. The van der Waals surface area contributed by atoms with E-state index in [1.807, 2.05) is 6.07 Å². The lowest BCUT2D eigenvalue weighted by Gasteiger charge is -2.23. The van der Waals surface area contributed by atoms with Gasteiger partial charge >= 0.3 is 0 Å². The largest absolute Gasteiger partial charge is 0.492 e. The molecule has 2 heterocycles. The third-order valence-corrected chi connectivity index (χ3v) is 4.61. The average molecular weight is 345 g/mol. The minimum Gasteiger partial charge on any atom is -0.492 e. The summed E-state index contributed by atoms with van der Waals surface area (Å²) in [4.78, 5) is 14.9. The van der Waals surface area contributed by atoms with Crippen molar-refractivity contribution in [3.8, 4) is 5.75 Å². The molecule has 0 radical (unpaired) electrons. The highest BCUT2D eigenvalue weighted by atomic mass is 35.5. The summed E-state index contributed by atoms with van der Waals surface area (Å²) in [6.45, 7) is 5.65. The monoisotopic (exact) mass is 344 g/mol. The van der Waals surface area contributed by atoms with E-state index in [2.05, 4.69) is 17.1 Å². The first-order valence-corrected chi connectivity index (χ1v) is 8.04. The molecule has 1 unspecified atom stereocenters. The number of nitrogens with one attached hydrogen (secondary N) is 1. The van der Waals surface area contributed by atoms with Crippen molar-refractivity contribution in [3.05, 3.63) is 28.3 Å². The number of fused-ring (bicyclic) bond motifs is 1. The Balaban J connectivity index is 0.00000176. The number of carbonyl (C=O) groups is 1. The van der Waals surface area contributed by atoms with Crippen LogP contribution < -0.4 is 10.1 Å². The van der Waals surface area contributed by atoms with E-state index in [4.69, 9.17) is 16.3 Å². The molecule has 1 amide bonds. The van der Waals surface area contributed by atoms with Crippen molar-refractivity contribution in [2.24, 2.45) is 0 Å². The molecule has 1 saturated heterocycles. The fourth-order valence-corrected chi connectivity index (χ4v) is 3.53. The maximum atomic E-state index is 12.4. The molecule has 1 N–H and O–H groups in total. The molecule has 1 aromatic rings. The minimum absolute atomic E-state index is 0. The van der Waals surface area contributed by atoms with Crippen LogP contribution in [0, 0.1) is 0 Å². The Morgan fingerprint density at radius 2 is 2.32 bits per heavy atom. The number of nitrogens with zero attached hydrogens (tertiary/aromatic N) is 1. The van der Waals surface area contributed by atoms with E-state index in [-0.39, 0.29) is 18.3 Å². The topological polar surface area (TPSA) is 41.6 Å². The Labute approximate surface area is 142 Å². The van der Waals surface area contributed by atoms with Crippen LogP contribution in [0.4, 0.5) is 0 Å². The third-order valence-electron chi connectivity index (χ3n) is 4.40. The number of carbonyl (C=O) groups excluding carboxylic acids is 1. The normalized spacial score (nSPS) is 20.2. The smallest absolute Gasteiger partial charge is 0.255 e. The van der Waals surface area contributed by atoms with E-state index in [1.54, 1.807) is 6.07 Å². The highest BCUT2D eigenvalue weighted by Crippen LogP contribution is 2.32. The number of ether oxygens (including phenoxy) is 1. The molecule has 22 heavy (non-hydrogen) atoms. The van der Waals surface area contributed by atoms with Gasteiger partial charge in [0, 0.05) is 24.0 Å². The average Bonchev–Trinajstić information content (AvgIpc) is 3.11. The second-order valence-electron chi connectivity index (χ2n) is 5.67. The maximum absolute atomic E-state index is 12.4. The van der Waals surface area contributed by atoms with Crippen LogP contribution in [-0.4, -0.2) is 43.1 Å². The zero-order valence-corrected chi connectivity index (χ0v) is 14.3. The third kappa shape index (κ3) is 3.50. The number of hydrogen-bond acceptors (Lipinski definition) is 3. The van der Waals surface area contributed by atoms with E-state index in [0.29, 0.717) is 35.5 Å². The van der Waals surface area contributed by atoms with Crippen molar-refractivity contribution < 1.29 is 9.53 Å². The quantitative estimate of drug-likeness (QED) is 0.912. The molecule has 1 atom stereocenters. The van der Waals surface area contributed by atoms with Crippen LogP contribution in [0.5, 0.6) is 5.75 Å². The van der Waals surface area contributed by atoms with E-state index < -0.39 is 0 Å². The molecule has 0 aromatic heterocycles. The second-order valence-corrected chi connectivity index (χ2v) is 6.11. The molecule has 122 valence electrons. The van der Waals surface area contributed by atoms with Crippen LogP contribution in [0.3, 0.4) is 0 Å². The summed E-state index contributed by atoms with van der Waals surface area (Å²) >= 11 is 6.10. The summed E-state index contributed by atoms with van der Waals surface area (Å²) in [6, 6.07) is 4.04. The van der Waals surface area contributed by atoms with Crippen LogP contribution in [0.15, 0.2) is 12.1 Å². The van der Waals surface area contributed by atoms with E-state index >= 15 is 0 Å². The van der Waals surface area contributed by atoms with E-state index in [1.165, 1.54) is 6.42 Å². The molecule has 0 aliphatic carbocycles. The van der Waals surface area contributed by atoms with Gasteiger partial charge < -0.3 is 10.1 Å². The van der Waals surface area contributed by atoms with Gasteiger partial charge in [0.1, 0.15) is 5.75 Å². The number of likely N-dealkylation sites (tertiary alicyclic amines) is 1. The predicted molar refractivity (Wildman–Crippen MR) is 90.5 cm³/mol. The lowest BCUT2D eigenvalue weighted by molar-refractivity contribution is 0.0938. The fraction of sp³-hybridized carbons (Fsp3) is 0.562. The first kappa shape index (κ1) is 17.4. The van der Waals surface area contributed by atoms with Gasteiger partial charge in [-0.2, -0.15) is 0 Å². The molecule has 3 rings (SSSR count). The van der Waals surface area contributed by atoms with E-state index in [0.717, 1.165) is 31.5 Å². The molecule has 0 saturated carbocycles. The van der Waals surface area contributed by atoms with Crippen LogP contribution in [0.1, 0.15) is 35.7 Å². The van der Waals surface area contributed by atoms with Gasteiger partial charge in [-0.05, 0) is 43.6 Å². The van der Waals surface area contributed by atoms with Gasteiger partial charge in [0.15, 0.2) is 0 Å². The Kier molecular flexibility index (Phi) is 5.95.